The molecule has 0 aliphatic carbocycles. The number of nitrogens with zero attached hydrogens (tertiary/aromatic N) is 2. The standard InChI is InChI=1S/C16H23N3O2/c1-4-8-13-14(20)18-16(3,5-2)15(21)19(13)11-12-9-6-7-10-17-12/h6-7,9-10,13H,4-5,8,11H2,1-3H3,(H,18,20). The predicted octanol–water partition coefficient (Wildman–Crippen LogP) is 1.88. The van der Waals surface area contributed by atoms with Gasteiger partial charge in [0, 0.05) is 6.20 Å². The number of hydrogen-bond donors (Lipinski definition) is 1. The molecule has 5 heteroatoms. The molecule has 0 bridgehead atoms. The highest BCUT2D eigenvalue weighted by atomic mass is 16.2. The quantitative estimate of drug-likeness (QED) is 0.900. The van der Waals surface area contributed by atoms with Crippen LogP contribution in [-0.4, -0.2) is 33.3 Å². The zero-order valence-electron chi connectivity index (χ0n) is 12.9. The topological polar surface area (TPSA) is 62.3 Å². The lowest BCUT2D eigenvalue weighted by Crippen LogP contribution is -2.68. The van der Waals surface area contributed by atoms with Crippen LogP contribution < -0.4 is 5.32 Å². The fourth-order valence-corrected chi connectivity index (χ4v) is 2.66. The minimum absolute atomic E-state index is 0.0197. The maximum atomic E-state index is 12.8. The van der Waals surface area contributed by atoms with Gasteiger partial charge in [0.05, 0.1) is 12.2 Å². The van der Waals surface area contributed by atoms with Crippen LogP contribution in [0.2, 0.25) is 0 Å². The number of nitrogens with one attached hydrogen (secondary N) is 1. The van der Waals surface area contributed by atoms with E-state index in [0.717, 1.165) is 12.1 Å². The van der Waals surface area contributed by atoms with Gasteiger partial charge in [-0.25, -0.2) is 0 Å². The van der Waals surface area contributed by atoms with Gasteiger partial charge in [0.25, 0.3) is 0 Å². The molecule has 2 unspecified atom stereocenters. The molecule has 0 aromatic carbocycles. The van der Waals surface area contributed by atoms with E-state index >= 15 is 0 Å². The van der Waals surface area contributed by atoms with Crippen molar-refractivity contribution in [2.45, 2.75) is 58.2 Å². The molecule has 0 radical (unpaired) electrons. The van der Waals surface area contributed by atoms with E-state index in [0.29, 0.717) is 19.4 Å². The minimum atomic E-state index is -0.809. The van der Waals surface area contributed by atoms with E-state index in [-0.39, 0.29) is 11.8 Å². The molecule has 5 nitrogen and oxygen atoms in total. The maximum absolute atomic E-state index is 12.8. The second-order valence-electron chi connectivity index (χ2n) is 5.73. The molecule has 2 heterocycles. The molecule has 2 atom stereocenters. The lowest BCUT2D eigenvalue weighted by atomic mass is 9.90. The third-order valence-electron chi connectivity index (χ3n) is 4.14. The molecule has 0 spiro atoms. The fourth-order valence-electron chi connectivity index (χ4n) is 2.66. The molecule has 1 aromatic rings. The summed E-state index contributed by atoms with van der Waals surface area (Å²) < 4.78 is 0. The van der Waals surface area contributed by atoms with E-state index < -0.39 is 11.6 Å². The number of amides is 2. The number of piperazine rings is 1. The SMILES string of the molecule is CCCC1C(=O)NC(C)(CC)C(=O)N1Cc1ccccn1. The van der Waals surface area contributed by atoms with Crippen LogP contribution >= 0.6 is 0 Å². The Morgan fingerprint density at radius 1 is 1.33 bits per heavy atom. The van der Waals surface area contributed by atoms with Gasteiger partial charge in [-0.1, -0.05) is 26.3 Å². The Balaban J connectivity index is 2.30. The summed E-state index contributed by atoms with van der Waals surface area (Å²) in [6.07, 6.45) is 3.81. The molecule has 21 heavy (non-hydrogen) atoms. The molecule has 1 aliphatic rings. The number of aromatic nitrogens is 1. The van der Waals surface area contributed by atoms with Crippen molar-refractivity contribution < 1.29 is 9.59 Å². The van der Waals surface area contributed by atoms with Crippen molar-refractivity contribution in [3.05, 3.63) is 30.1 Å². The van der Waals surface area contributed by atoms with Gasteiger partial charge in [-0.2, -0.15) is 0 Å². The molecule has 1 saturated heterocycles. The van der Waals surface area contributed by atoms with Gasteiger partial charge >= 0.3 is 0 Å². The summed E-state index contributed by atoms with van der Waals surface area (Å²) in [4.78, 5) is 31.1. The van der Waals surface area contributed by atoms with Gasteiger partial charge in [0.15, 0.2) is 0 Å². The Kier molecular flexibility index (Phi) is 4.60. The highest BCUT2D eigenvalue weighted by molar-refractivity contribution is 5.99. The molecule has 114 valence electrons. The number of rotatable bonds is 5. The summed E-state index contributed by atoms with van der Waals surface area (Å²) in [6, 6.07) is 5.22. The number of carbonyl (C=O) groups is 2. The highest BCUT2D eigenvalue weighted by Gasteiger charge is 2.46. The van der Waals surface area contributed by atoms with Crippen molar-refractivity contribution in [2.24, 2.45) is 0 Å². The Morgan fingerprint density at radius 3 is 2.67 bits per heavy atom. The smallest absolute Gasteiger partial charge is 0.249 e. The molecule has 1 fully saturated rings. The molecule has 0 saturated carbocycles. The molecule has 1 N–H and O–H groups in total. The number of hydrogen-bond acceptors (Lipinski definition) is 3. The van der Waals surface area contributed by atoms with Gasteiger partial charge in [-0.15, -0.1) is 0 Å². The Hall–Kier alpha value is -1.91. The number of pyridine rings is 1. The molecule has 2 rings (SSSR count). The van der Waals surface area contributed by atoms with Gasteiger partial charge in [0.1, 0.15) is 11.6 Å². The Morgan fingerprint density at radius 2 is 2.10 bits per heavy atom. The first-order chi connectivity index (χ1) is 10.0. The van der Waals surface area contributed by atoms with Crippen LogP contribution in [0.5, 0.6) is 0 Å². The average molecular weight is 289 g/mol. The summed E-state index contributed by atoms with van der Waals surface area (Å²) in [5.41, 5.74) is -0.00377. The fraction of sp³-hybridized carbons (Fsp3) is 0.562. The second kappa shape index (κ2) is 6.24. The van der Waals surface area contributed by atoms with Gasteiger partial charge < -0.3 is 10.2 Å². The lowest BCUT2D eigenvalue weighted by Gasteiger charge is -2.44. The van der Waals surface area contributed by atoms with Crippen molar-refractivity contribution in [1.29, 1.82) is 0 Å². The predicted molar refractivity (Wildman–Crippen MR) is 80.3 cm³/mol. The molecule has 2 amide bonds. The summed E-state index contributed by atoms with van der Waals surface area (Å²) in [6.45, 7) is 6.11. The van der Waals surface area contributed by atoms with Gasteiger partial charge in [-0.05, 0) is 31.9 Å². The van der Waals surface area contributed by atoms with Crippen molar-refractivity contribution >= 4 is 11.8 Å². The van der Waals surface area contributed by atoms with Crippen molar-refractivity contribution in [3.63, 3.8) is 0 Å². The molecular weight excluding hydrogens is 266 g/mol. The minimum Gasteiger partial charge on any atom is -0.340 e. The van der Waals surface area contributed by atoms with E-state index in [2.05, 4.69) is 10.3 Å². The first-order valence-corrected chi connectivity index (χ1v) is 7.55. The summed E-state index contributed by atoms with van der Waals surface area (Å²) in [5, 5.41) is 2.89. The first kappa shape index (κ1) is 15.5. The second-order valence-corrected chi connectivity index (χ2v) is 5.73. The van der Waals surface area contributed by atoms with Crippen molar-refractivity contribution in [2.75, 3.05) is 0 Å². The average Bonchev–Trinajstić information content (AvgIpc) is 2.49. The summed E-state index contributed by atoms with van der Waals surface area (Å²) in [5.74, 6) is -0.0783. The highest BCUT2D eigenvalue weighted by Crippen LogP contribution is 2.25. The van der Waals surface area contributed by atoms with Crippen LogP contribution in [0.3, 0.4) is 0 Å². The number of carbonyl (C=O) groups excluding carboxylic acids is 2. The normalized spacial score (nSPS) is 25.9. The van der Waals surface area contributed by atoms with Crippen LogP contribution in [0.25, 0.3) is 0 Å². The third kappa shape index (κ3) is 3.06. The first-order valence-electron chi connectivity index (χ1n) is 7.55. The molecule has 1 aromatic heterocycles. The van der Waals surface area contributed by atoms with Gasteiger partial charge in [-0.3, -0.25) is 14.6 Å². The van der Waals surface area contributed by atoms with Crippen LogP contribution in [0.1, 0.15) is 45.7 Å². The van der Waals surface area contributed by atoms with Crippen LogP contribution in [0.15, 0.2) is 24.4 Å². The summed E-state index contributed by atoms with van der Waals surface area (Å²) in [7, 11) is 0. The Bertz CT molecular complexity index is 518. The van der Waals surface area contributed by atoms with E-state index in [1.54, 1.807) is 18.0 Å². The maximum Gasteiger partial charge on any atom is 0.249 e. The van der Waals surface area contributed by atoms with Crippen LogP contribution in [-0.2, 0) is 16.1 Å². The Labute approximate surface area is 125 Å². The van der Waals surface area contributed by atoms with Crippen molar-refractivity contribution in [3.8, 4) is 0 Å². The van der Waals surface area contributed by atoms with E-state index in [1.165, 1.54) is 0 Å². The van der Waals surface area contributed by atoms with E-state index in [1.807, 2.05) is 32.0 Å². The van der Waals surface area contributed by atoms with Crippen LogP contribution in [0.4, 0.5) is 0 Å². The van der Waals surface area contributed by atoms with Crippen molar-refractivity contribution in [1.82, 2.24) is 15.2 Å². The zero-order chi connectivity index (χ0) is 15.5. The third-order valence-corrected chi connectivity index (χ3v) is 4.14. The lowest BCUT2D eigenvalue weighted by molar-refractivity contribution is -0.155. The van der Waals surface area contributed by atoms with E-state index in [9.17, 15) is 9.59 Å². The summed E-state index contributed by atoms with van der Waals surface area (Å²) >= 11 is 0. The van der Waals surface area contributed by atoms with Gasteiger partial charge in [0.2, 0.25) is 11.8 Å². The monoisotopic (exact) mass is 289 g/mol. The van der Waals surface area contributed by atoms with Crippen LogP contribution in [0, 0.1) is 0 Å². The molecule has 1 aliphatic heterocycles. The zero-order valence-corrected chi connectivity index (χ0v) is 12.9. The largest absolute Gasteiger partial charge is 0.340 e. The molecular formula is C16H23N3O2. The van der Waals surface area contributed by atoms with E-state index in [4.69, 9.17) is 0 Å².